The van der Waals surface area contributed by atoms with Crippen LogP contribution in [0.3, 0.4) is 0 Å². The molecule has 4 rings (SSSR count). The Kier molecular flexibility index (Phi) is 7.76. The summed E-state index contributed by atoms with van der Waals surface area (Å²) in [4.78, 5) is 21.8. The van der Waals surface area contributed by atoms with Crippen LogP contribution in [0.5, 0.6) is 0 Å². The third-order valence-corrected chi connectivity index (χ3v) is 6.02. The largest absolute Gasteiger partial charge is 0.362 e. The van der Waals surface area contributed by atoms with E-state index in [1.807, 2.05) is 6.07 Å². The highest BCUT2D eigenvalue weighted by molar-refractivity contribution is 6.33. The molecule has 1 aromatic heterocycles. The average Bonchev–Trinajstić information content (AvgIpc) is 3.27. The van der Waals surface area contributed by atoms with E-state index < -0.39 is 0 Å². The van der Waals surface area contributed by atoms with Crippen molar-refractivity contribution in [1.82, 2.24) is 15.8 Å². The summed E-state index contributed by atoms with van der Waals surface area (Å²) in [6.45, 7) is 2.44. The fraction of sp³-hybridized carbons (Fsp3) is 0.417. The Morgan fingerprint density at radius 2 is 2.22 bits per heavy atom. The Hall–Kier alpha value is -2.45. The third kappa shape index (κ3) is 6.29. The highest BCUT2D eigenvalue weighted by Gasteiger charge is 2.34. The average molecular weight is 457 g/mol. The minimum Gasteiger partial charge on any atom is -0.362 e. The first-order valence-corrected chi connectivity index (χ1v) is 11.4. The number of carbonyl (C=O) groups excluding carboxylic acids is 1. The Labute approximate surface area is 193 Å². The Balaban J connectivity index is 1.35. The van der Waals surface area contributed by atoms with Crippen LogP contribution in [0.1, 0.15) is 36.8 Å². The number of hydrogen-bond acceptors (Lipinski definition) is 6. The van der Waals surface area contributed by atoms with Crippen molar-refractivity contribution in [3.8, 4) is 0 Å². The van der Waals surface area contributed by atoms with Crippen molar-refractivity contribution in [3.63, 3.8) is 0 Å². The van der Waals surface area contributed by atoms with E-state index in [0.29, 0.717) is 17.4 Å². The molecular formula is C24H29ClN4O3. The maximum Gasteiger partial charge on any atom is 0.267 e. The molecule has 7 nitrogen and oxygen atoms in total. The maximum absolute atomic E-state index is 12.0. The van der Waals surface area contributed by atoms with Gasteiger partial charge in [-0.25, -0.2) is 15.3 Å². The third-order valence-electron chi connectivity index (χ3n) is 5.73. The fourth-order valence-corrected chi connectivity index (χ4v) is 4.27. The van der Waals surface area contributed by atoms with Gasteiger partial charge in [-0.3, -0.25) is 4.79 Å². The summed E-state index contributed by atoms with van der Waals surface area (Å²) in [5.74, 6) is 0.280. The standard InChI is InChI=1S/C24H29ClN4O3/c25-20-14-19(9-10-21(30)29-32-22-8-4-5-13-31-22)16-27-23(20)28-24(11-12-26-17-24)15-18-6-2-1-3-7-18/h1-3,6-7,9-10,14,16,22,26H,4-5,8,11-13,15,17H2,(H,27,28)(H,29,30)/b10-9+/t22?,24-/m1/s1. The molecule has 1 amide bonds. The first kappa shape index (κ1) is 22.7. The van der Waals surface area contributed by atoms with E-state index in [9.17, 15) is 4.79 Å². The summed E-state index contributed by atoms with van der Waals surface area (Å²) < 4.78 is 5.42. The number of hydrogen-bond donors (Lipinski definition) is 3. The molecule has 2 aliphatic heterocycles. The van der Waals surface area contributed by atoms with E-state index in [1.165, 1.54) is 11.6 Å². The normalized spacial score (nSPS) is 23.3. The number of anilines is 1. The van der Waals surface area contributed by atoms with Gasteiger partial charge in [-0.05, 0) is 55.5 Å². The molecule has 3 N–H and O–H groups in total. The van der Waals surface area contributed by atoms with E-state index in [-0.39, 0.29) is 17.7 Å². The molecule has 0 saturated carbocycles. The van der Waals surface area contributed by atoms with E-state index in [2.05, 4.69) is 45.4 Å². The van der Waals surface area contributed by atoms with Gasteiger partial charge < -0.3 is 15.4 Å². The second-order valence-electron chi connectivity index (χ2n) is 8.31. The SMILES string of the molecule is O=C(/C=C/c1cnc(N[C@@]2(Cc3ccccc3)CCNC2)c(Cl)c1)NOC1CCCCO1. The number of halogens is 1. The van der Waals surface area contributed by atoms with Gasteiger partial charge >= 0.3 is 0 Å². The summed E-state index contributed by atoms with van der Waals surface area (Å²) >= 11 is 6.53. The van der Waals surface area contributed by atoms with Crippen molar-refractivity contribution >= 4 is 29.4 Å². The second-order valence-corrected chi connectivity index (χ2v) is 8.71. The Morgan fingerprint density at radius 3 is 2.94 bits per heavy atom. The molecule has 1 unspecified atom stereocenters. The van der Waals surface area contributed by atoms with Crippen LogP contribution in [0.4, 0.5) is 5.82 Å². The van der Waals surface area contributed by atoms with Gasteiger partial charge in [0.05, 0.1) is 10.6 Å². The lowest BCUT2D eigenvalue weighted by molar-refractivity contribution is -0.198. The molecule has 2 aromatic rings. The lowest BCUT2D eigenvalue weighted by Crippen LogP contribution is -2.43. The molecule has 1 aromatic carbocycles. The van der Waals surface area contributed by atoms with Crippen LogP contribution in [-0.2, 0) is 20.8 Å². The summed E-state index contributed by atoms with van der Waals surface area (Å²) in [5.41, 5.74) is 4.25. The lowest BCUT2D eigenvalue weighted by atomic mass is 9.90. The minimum atomic E-state index is -0.379. The van der Waals surface area contributed by atoms with Crippen LogP contribution < -0.4 is 16.1 Å². The molecular weight excluding hydrogens is 428 g/mol. The zero-order valence-electron chi connectivity index (χ0n) is 18.0. The van der Waals surface area contributed by atoms with Crippen LogP contribution in [0.2, 0.25) is 5.02 Å². The topological polar surface area (TPSA) is 84.5 Å². The number of pyridine rings is 1. The van der Waals surface area contributed by atoms with E-state index in [1.54, 1.807) is 18.3 Å². The molecule has 170 valence electrons. The molecule has 2 atom stereocenters. The number of amides is 1. The van der Waals surface area contributed by atoms with Gasteiger partial charge in [0.25, 0.3) is 5.91 Å². The van der Waals surface area contributed by atoms with Crippen LogP contribution in [-0.4, -0.2) is 42.4 Å². The summed E-state index contributed by atoms with van der Waals surface area (Å²) in [6.07, 6.45) is 9.05. The van der Waals surface area contributed by atoms with Crippen LogP contribution >= 0.6 is 11.6 Å². The number of nitrogens with zero attached hydrogens (tertiary/aromatic N) is 1. The molecule has 32 heavy (non-hydrogen) atoms. The van der Waals surface area contributed by atoms with Crippen molar-refractivity contribution in [2.75, 3.05) is 25.0 Å². The highest BCUT2D eigenvalue weighted by atomic mass is 35.5. The predicted molar refractivity (Wildman–Crippen MR) is 125 cm³/mol. The summed E-state index contributed by atoms with van der Waals surface area (Å²) in [7, 11) is 0. The van der Waals surface area contributed by atoms with Gasteiger partial charge in [-0.2, -0.15) is 0 Å². The van der Waals surface area contributed by atoms with Gasteiger partial charge in [0, 0.05) is 31.8 Å². The number of hydroxylamine groups is 1. The van der Waals surface area contributed by atoms with Crippen LogP contribution in [0.15, 0.2) is 48.7 Å². The first-order chi connectivity index (χ1) is 15.6. The monoisotopic (exact) mass is 456 g/mol. The fourth-order valence-electron chi connectivity index (χ4n) is 4.05. The van der Waals surface area contributed by atoms with Gasteiger partial charge in [-0.15, -0.1) is 0 Å². The van der Waals surface area contributed by atoms with Crippen molar-refractivity contribution in [1.29, 1.82) is 0 Å². The van der Waals surface area contributed by atoms with Gasteiger partial charge in [0.15, 0.2) is 6.29 Å². The zero-order valence-corrected chi connectivity index (χ0v) is 18.7. The zero-order chi connectivity index (χ0) is 22.2. The summed E-state index contributed by atoms with van der Waals surface area (Å²) in [5, 5.41) is 7.53. The molecule has 2 saturated heterocycles. The Bertz CT molecular complexity index is 926. The molecule has 2 fully saturated rings. The summed E-state index contributed by atoms with van der Waals surface area (Å²) in [6, 6.07) is 12.2. The maximum atomic E-state index is 12.0. The smallest absolute Gasteiger partial charge is 0.267 e. The second kappa shape index (κ2) is 10.9. The number of carbonyl (C=O) groups is 1. The van der Waals surface area contributed by atoms with Crippen molar-refractivity contribution < 1.29 is 14.4 Å². The predicted octanol–water partition coefficient (Wildman–Crippen LogP) is 3.71. The lowest BCUT2D eigenvalue weighted by Gasteiger charge is -2.31. The van der Waals surface area contributed by atoms with E-state index >= 15 is 0 Å². The molecule has 2 aliphatic rings. The van der Waals surface area contributed by atoms with Gasteiger partial charge in [0.2, 0.25) is 0 Å². The number of ether oxygens (including phenoxy) is 1. The van der Waals surface area contributed by atoms with Crippen molar-refractivity contribution in [2.24, 2.45) is 0 Å². The first-order valence-electron chi connectivity index (χ1n) is 11.1. The quantitative estimate of drug-likeness (QED) is 0.415. The highest BCUT2D eigenvalue weighted by Crippen LogP contribution is 2.29. The minimum absolute atomic E-state index is 0.145. The number of rotatable bonds is 8. The molecule has 8 heteroatoms. The van der Waals surface area contributed by atoms with Crippen LogP contribution in [0, 0.1) is 0 Å². The molecule has 0 bridgehead atoms. The van der Waals surface area contributed by atoms with Gasteiger partial charge in [-0.1, -0.05) is 41.9 Å². The van der Waals surface area contributed by atoms with E-state index in [4.69, 9.17) is 21.2 Å². The number of aromatic nitrogens is 1. The number of benzene rings is 1. The number of nitrogens with one attached hydrogen (secondary N) is 3. The van der Waals surface area contributed by atoms with Gasteiger partial charge in [0.1, 0.15) is 5.82 Å². The van der Waals surface area contributed by atoms with E-state index in [0.717, 1.165) is 50.8 Å². The van der Waals surface area contributed by atoms with Crippen molar-refractivity contribution in [2.45, 2.75) is 43.9 Å². The molecule has 0 radical (unpaired) electrons. The molecule has 0 spiro atoms. The molecule has 3 heterocycles. The Morgan fingerprint density at radius 1 is 1.34 bits per heavy atom. The molecule has 0 aliphatic carbocycles. The van der Waals surface area contributed by atoms with Crippen LogP contribution in [0.25, 0.3) is 6.08 Å². The van der Waals surface area contributed by atoms with Crippen molar-refractivity contribution in [3.05, 3.63) is 64.8 Å².